The smallest absolute Gasteiger partial charge is 0.370 e. The summed E-state index contributed by atoms with van der Waals surface area (Å²) in [5, 5.41) is 2.76. The first-order valence-electron chi connectivity index (χ1n) is 8.29. The maximum Gasteiger partial charge on any atom is 0.370 e. The van der Waals surface area contributed by atoms with Crippen molar-refractivity contribution in [1.82, 2.24) is 4.74 Å². The lowest BCUT2D eigenvalue weighted by atomic mass is 9.99. The van der Waals surface area contributed by atoms with Crippen LogP contribution in [0.15, 0.2) is 33.6 Å². The fraction of sp³-hybridized carbons (Fsp3) is 0.444. The Morgan fingerprint density at radius 3 is 2.38 bits per heavy atom. The average molecular weight is 329 g/mol. The van der Waals surface area contributed by atoms with Gasteiger partial charge in [0.1, 0.15) is 5.56 Å². The average Bonchev–Trinajstić information content (AvgIpc) is 2.81. The van der Waals surface area contributed by atoms with Crippen molar-refractivity contribution in [2.24, 2.45) is 13.0 Å². The SMILES string of the molecule is Cc1c(C(=O)Nc2ccc(N3CCC(C)CC3)cc2)c(=O)on1C. The number of rotatable bonds is 3. The second-order valence-electron chi connectivity index (χ2n) is 6.51. The summed E-state index contributed by atoms with van der Waals surface area (Å²) in [6.45, 7) is 6.10. The molecule has 1 aliphatic heterocycles. The van der Waals surface area contributed by atoms with Crippen molar-refractivity contribution in [1.29, 1.82) is 0 Å². The molecule has 1 N–H and O–H groups in total. The Hall–Kier alpha value is -2.50. The number of aromatic nitrogens is 1. The van der Waals surface area contributed by atoms with Gasteiger partial charge in [0.05, 0.1) is 5.69 Å². The normalized spacial score (nSPS) is 15.5. The van der Waals surface area contributed by atoms with Gasteiger partial charge in [-0.15, -0.1) is 0 Å². The molecule has 0 aliphatic carbocycles. The molecule has 0 saturated carbocycles. The van der Waals surface area contributed by atoms with Crippen LogP contribution in [-0.4, -0.2) is 23.7 Å². The number of carbonyl (C=O) groups is 1. The molecule has 0 bridgehead atoms. The van der Waals surface area contributed by atoms with Crippen molar-refractivity contribution in [3.63, 3.8) is 0 Å². The second-order valence-corrected chi connectivity index (χ2v) is 6.51. The first-order chi connectivity index (χ1) is 11.5. The molecule has 1 saturated heterocycles. The molecule has 2 aromatic rings. The third kappa shape index (κ3) is 3.22. The number of amides is 1. The first kappa shape index (κ1) is 16.4. The summed E-state index contributed by atoms with van der Waals surface area (Å²) in [5.41, 5.74) is 1.77. The maximum absolute atomic E-state index is 12.3. The molecule has 6 heteroatoms. The molecule has 0 radical (unpaired) electrons. The molecule has 2 heterocycles. The Bertz CT molecular complexity index is 781. The molecule has 128 valence electrons. The lowest BCUT2D eigenvalue weighted by Crippen LogP contribution is -2.32. The number of hydrogen-bond donors (Lipinski definition) is 1. The van der Waals surface area contributed by atoms with Crippen LogP contribution in [0.25, 0.3) is 0 Å². The summed E-state index contributed by atoms with van der Waals surface area (Å²) >= 11 is 0. The lowest BCUT2D eigenvalue weighted by Gasteiger charge is -2.32. The molecule has 0 spiro atoms. The fourth-order valence-corrected chi connectivity index (χ4v) is 3.02. The number of nitrogens with one attached hydrogen (secondary N) is 1. The van der Waals surface area contributed by atoms with E-state index in [1.807, 2.05) is 24.3 Å². The van der Waals surface area contributed by atoms with Gasteiger partial charge >= 0.3 is 5.63 Å². The van der Waals surface area contributed by atoms with Gasteiger partial charge in [0.25, 0.3) is 5.91 Å². The highest BCUT2D eigenvalue weighted by Gasteiger charge is 2.20. The number of nitrogens with zero attached hydrogens (tertiary/aromatic N) is 2. The zero-order valence-electron chi connectivity index (χ0n) is 14.3. The predicted molar refractivity (Wildman–Crippen MR) is 93.7 cm³/mol. The van der Waals surface area contributed by atoms with E-state index in [1.165, 1.54) is 17.6 Å². The van der Waals surface area contributed by atoms with Gasteiger partial charge in [0.15, 0.2) is 0 Å². The van der Waals surface area contributed by atoms with E-state index in [4.69, 9.17) is 4.52 Å². The third-order valence-electron chi connectivity index (χ3n) is 4.76. The summed E-state index contributed by atoms with van der Waals surface area (Å²) in [6, 6.07) is 7.74. The van der Waals surface area contributed by atoms with E-state index < -0.39 is 11.5 Å². The molecule has 24 heavy (non-hydrogen) atoms. The van der Waals surface area contributed by atoms with E-state index in [-0.39, 0.29) is 5.56 Å². The number of benzene rings is 1. The fourth-order valence-electron chi connectivity index (χ4n) is 3.02. The highest BCUT2D eigenvalue weighted by molar-refractivity contribution is 6.04. The minimum absolute atomic E-state index is 0.0478. The molecule has 0 unspecified atom stereocenters. The minimum Gasteiger partial charge on any atom is -0.372 e. The first-order valence-corrected chi connectivity index (χ1v) is 8.29. The quantitative estimate of drug-likeness (QED) is 0.940. The van der Waals surface area contributed by atoms with Gasteiger partial charge in [-0.2, -0.15) is 0 Å². The molecule has 3 rings (SSSR count). The van der Waals surface area contributed by atoms with Crippen LogP contribution >= 0.6 is 0 Å². The van der Waals surface area contributed by atoms with Crippen LogP contribution in [0.3, 0.4) is 0 Å². The monoisotopic (exact) mass is 329 g/mol. The Balaban J connectivity index is 1.70. The minimum atomic E-state index is -0.619. The van der Waals surface area contributed by atoms with Gasteiger partial charge in [-0.25, -0.2) is 9.53 Å². The molecule has 1 fully saturated rings. The number of carbonyl (C=O) groups excluding carboxylic acids is 1. The van der Waals surface area contributed by atoms with E-state index in [0.717, 1.165) is 24.7 Å². The predicted octanol–water partition coefficient (Wildman–Crippen LogP) is 2.78. The molecular formula is C18H23N3O3. The van der Waals surface area contributed by atoms with E-state index in [9.17, 15) is 9.59 Å². The van der Waals surface area contributed by atoms with Crippen LogP contribution in [0.1, 0.15) is 35.8 Å². The van der Waals surface area contributed by atoms with E-state index in [1.54, 1.807) is 14.0 Å². The molecular weight excluding hydrogens is 306 g/mol. The molecule has 6 nitrogen and oxygen atoms in total. The zero-order chi connectivity index (χ0) is 17.3. The van der Waals surface area contributed by atoms with Crippen LogP contribution in [0, 0.1) is 12.8 Å². The highest BCUT2D eigenvalue weighted by Crippen LogP contribution is 2.24. The van der Waals surface area contributed by atoms with E-state index in [0.29, 0.717) is 11.4 Å². The van der Waals surface area contributed by atoms with Crippen molar-refractivity contribution in [2.75, 3.05) is 23.3 Å². The second kappa shape index (κ2) is 6.55. The van der Waals surface area contributed by atoms with Gasteiger partial charge in [0.2, 0.25) is 0 Å². The topological polar surface area (TPSA) is 67.5 Å². The summed E-state index contributed by atoms with van der Waals surface area (Å²) < 4.78 is 6.21. The standard InChI is InChI=1S/C18H23N3O3/c1-12-8-10-21(11-9-12)15-6-4-14(5-7-15)19-17(22)16-13(2)20(3)24-18(16)23/h4-7,12H,8-11H2,1-3H3,(H,19,22). The van der Waals surface area contributed by atoms with Crippen molar-refractivity contribution >= 4 is 17.3 Å². The molecule has 1 aromatic heterocycles. The van der Waals surface area contributed by atoms with Crippen molar-refractivity contribution in [3.05, 3.63) is 45.9 Å². The van der Waals surface area contributed by atoms with Gasteiger partial charge in [-0.05, 0) is 49.9 Å². The maximum atomic E-state index is 12.3. The van der Waals surface area contributed by atoms with Crippen molar-refractivity contribution < 1.29 is 9.32 Å². The van der Waals surface area contributed by atoms with Gasteiger partial charge in [-0.1, -0.05) is 6.92 Å². The van der Waals surface area contributed by atoms with Crippen LogP contribution in [0.5, 0.6) is 0 Å². The summed E-state index contributed by atoms with van der Waals surface area (Å²) in [4.78, 5) is 26.4. The highest BCUT2D eigenvalue weighted by atomic mass is 16.5. The molecule has 1 aromatic carbocycles. The number of anilines is 2. The van der Waals surface area contributed by atoms with Crippen LogP contribution in [0.2, 0.25) is 0 Å². The molecule has 1 amide bonds. The lowest BCUT2D eigenvalue weighted by molar-refractivity contribution is 0.102. The van der Waals surface area contributed by atoms with Crippen LogP contribution in [0.4, 0.5) is 11.4 Å². The number of piperidine rings is 1. The summed E-state index contributed by atoms with van der Waals surface area (Å²) in [6.07, 6.45) is 2.42. The van der Waals surface area contributed by atoms with E-state index in [2.05, 4.69) is 17.1 Å². The van der Waals surface area contributed by atoms with Crippen LogP contribution in [-0.2, 0) is 7.05 Å². The Labute approximate surface area is 141 Å². The summed E-state index contributed by atoms with van der Waals surface area (Å²) in [5.74, 6) is 0.349. The van der Waals surface area contributed by atoms with Crippen molar-refractivity contribution in [3.8, 4) is 0 Å². The van der Waals surface area contributed by atoms with Crippen LogP contribution < -0.4 is 15.8 Å². The third-order valence-corrected chi connectivity index (χ3v) is 4.76. The molecule has 0 atom stereocenters. The Morgan fingerprint density at radius 2 is 1.83 bits per heavy atom. The Kier molecular flexibility index (Phi) is 4.46. The number of aryl methyl sites for hydroxylation is 1. The van der Waals surface area contributed by atoms with Gasteiger partial charge in [0, 0.05) is 31.5 Å². The largest absolute Gasteiger partial charge is 0.372 e. The van der Waals surface area contributed by atoms with Crippen molar-refractivity contribution in [2.45, 2.75) is 26.7 Å². The zero-order valence-corrected chi connectivity index (χ0v) is 14.3. The summed E-state index contributed by atoms with van der Waals surface area (Å²) in [7, 11) is 1.60. The van der Waals surface area contributed by atoms with Gasteiger partial charge in [-0.3, -0.25) is 4.79 Å². The number of hydrogen-bond acceptors (Lipinski definition) is 4. The molecule has 1 aliphatic rings. The van der Waals surface area contributed by atoms with Gasteiger partial charge < -0.3 is 14.7 Å². The Morgan fingerprint density at radius 1 is 1.21 bits per heavy atom. The van der Waals surface area contributed by atoms with E-state index >= 15 is 0 Å².